The number of rotatable bonds is 5. The third-order valence-electron chi connectivity index (χ3n) is 4.13. The predicted octanol–water partition coefficient (Wildman–Crippen LogP) is 4.38. The molecule has 0 aromatic heterocycles. The summed E-state index contributed by atoms with van der Waals surface area (Å²) in [7, 11) is 0. The monoisotopic (exact) mass is 307 g/mol. The Morgan fingerprint density at radius 2 is 1.83 bits per heavy atom. The van der Waals surface area contributed by atoms with Crippen molar-refractivity contribution in [3.63, 3.8) is 0 Å². The summed E-state index contributed by atoms with van der Waals surface area (Å²) in [6.45, 7) is 8.18. The van der Waals surface area contributed by atoms with Gasteiger partial charge in [-0.25, -0.2) is 0 Å². The largest absolute Gasteiger partial charge is 0.483 e. The number of aryl methyl sites for hydroxylation is 1. The third kappa shape index (κ3) is 4.02. The normalized spacial score (nSPS) is 15.5. The second kappa shape index (κ2) is 6.59. The van der Waals surface area contributed by atoms with E-state index in [0.717, 1.165) is 25.3 Å². The fourth-order valence-electron chi connectivity index (χ4n) is 3.04. The van der Waals surface area contributed by atoms with Crippen LogP contribution in [0.15, 0.2) is 54.6 Å². The van der Waals surface area contributed by atoms with Crippen LogP contribution in [-0.2, 0) is 6.42 Å². The molecule has 1 aliphatic rings. The molecule has 2 aromatic rings. The van der Waals surface area contributed by atoms with Crippen molar-refractivity contribution in [2.45, 2.75) is 32.8 Å². The maximum atomic E-state index is 6.10. The van der Waals surface area contributed by atoms with Crippen LogP contribution in [0.4, 0.5) is 0 Å². The molecule has 0 atom stereocenters. The van der Waals surface area contributed by atoms with E-state index in [1.807, 2.05) is 0 Å². The fourth-order valence-corrected chi connectivity index (χ4v) is 3.04. The molecular weight excluding hydrogens is 282 g/mol. The van der Waals surface area contributed by atoms with Gasteiger partial charge in [0.05, 0.1) is 0 Å². The average molecular weight is 307 g/mol. The first-order chi connectivity index (χ1) is 11.0. The molecule has 2 nitrogen and oxygen atoms in total. The number of ether oxygens (including phenoxy) is 1. The maximum absolute atomic E-state index is 6.10. The fraction of sp³-hybridized carbons (Fsp3) is 0.333. The minimum absolute atomic E-state index is 0.253. The van der Waals surface area contributed by atoms with Crippen LogP contribution in [0.2, 0.25) is 0 Å². The number of hydrogen-bond acceptors (Lipinski definition) is 2. The Bertz CT molecular complexity index is 701. The highest BCUT2D eigenvalue weighted by atomic mass is 16.5. The van der Waals surface area contributed by atoms with Gasteiger partial charge in [-0.1, -0.05) is 42.5 Å². The first-order valence-corrected chi connectivity index (χ1v) is 8.30. The van der Waals surface area contributed by atoms with Crippen LogP contribution in [0, 0.1) is 6.92 Å². The SMILES string of the molecule is Cc1ccc2c(c1)OC(C)(C)C=C2CNCCc1ccccc1. The number of fused-ring (bicyclic) bond motifs is 1. The summed E-state index contributed by atoms with van der Waals surface area (Å²) >= 11 is 0. The lowest BCUT2D eigenvalue weighted by Gasteiger charge is -2.31. The molecule has 0 aliphatic carbocycles. The highest BCUT2D eigenvalue weighted by molar-refractivity contribution is 5.74. The minimum atomic E-state index is -0.253. The molecule has 0 bridgehead atoms. The second-order valence-corrected chi connectivity index (χ2v) is 6.79. The summed E-state index contributed by atoms with van der Waals surface area (Å²) in [5, 5.41) is 3.57. The van der Waals surface area contributed by atoms with Crippen molar-refractivity contribution in [3.05, 3.63) is 71.3 Å². The van der Waals surface area contributed by atoms with Crippen molar-refractivity contribution < 1.29 is 4.74 Å². The van der Waals surface area contributed by atoms with Crippen LogP contribution in [0.1, 0.15) is 30.5 Å². The second-order valence-electron chi connectivity index (χ2n) is 6.79. The molecule has 2 heteroatoms. The summed E-state index contributed by atoms with van der Waals surface area (Å²) < 4.78 is 6.10. The molecule has 0 saturated carbocycles. The summed E-state index contributed by atoms with van der Waals surface area (Å²) in [6.07, 6.45) is 3.29. The molecule has 1 N–H and O–H groups in total. The van der Waals surface area contributed by atoms with Crippen molar-refractivity contribution in [3.8, 4) is 5.75 Å². The van der Waals surface area contributed by atoms with E-state index in [-0.39, 0.29) is 5.60 Å². The number of benzene rings is 2. The van der Waals surface area contributed by atoms with Crippen LogP contribution in [0.5, 0.6) is 5.75 Å². The van der Waals surface area contributed by atoms with E-state index in [0.29, 0.717) is 0 Å². The van der Waals surface area contributed by atoms with E-state index in [4.69, 9.17) is 4.74 Å². The van der Waals surface area contributed by atoms with E-state index >= 15 is 0 Å². The lowest BCUT2D eigenvalue weighted by Crippen LogP contribution is -2.31. The maximum Gasteiger partial charge on any atom is 0.128 e. The van der Waals surface area contributed by atoms with Crippen LogP contribution in [0.3, 0.4) is 0 Å². The van der Waals surface area contributed by atoms with Crippen molar-refractivity contribution in [2.75, 3.05) is 13.1 Å². The van der Waals surface area contributed by atoms with Crippen LogP contribution in [0.25, 0.3) is 5.57 Å². The Labute approximate surface area is 139 Å². The van der Waals surface area contributed by atoms with Gasteiger partial charge in [-0.2, -0.15) is 0 Å². The highest BCUT2D eigenvalue weighted by Gasteiger charge is 2.26. The van der Waals surface area contributed by atoms with Gasteiger partial charge in [-0.3, -0.25) is 0 Å². The topological polar surface area (TPSA) is 21.3 Å². The molecule has 0 fully saturated rings. The summed E-state index contributed by atoms with van der Waals surface area (Å²) in [5.74, 6) is 0.998. The zero-order valence-electron chi connectivity index (χ0n) is 14.2. The van der Waals surface area contributed by atoms with Gasteiger partial charge in [0.1, 0.15) is 11.4 Å². The van der Waals surface area contributed by atoms with Gasteiger partial charge in [-0.15, -0.1) is 0 Å². The smallest absolute Gasteiger partial charge is 0.128 e. The van der Waals surface area contributed by atoms with Crippen molar-refractivity contribution in [2.24, 2.45) is 0 Å². The molecular formula is C21H25NO. The Morgan fingerprint density at radius 3 is 2.61 bits per heavy atom. The van der Waals surface area contributed by atoms with Crippen molar-refractivity contribution >= 4 is 5.57 Å². The van der Waals surface area contributed by atoms with E-state index in [1.165, 1.54) is 22.3 Å². The summed E-state index contributed by atoms with van der Waals surface area (Å²) in [4.78, 5) is 0. The Hall–Kier alpha value is -2.06. The van der Waals surface area contributed by atoms with E-state index in [1.54, 1.807) is 0 Å². The molecule has 120 valence electrons. The Balaban J connectivity index is 1.65. The molecule has 23 heavy (non-hydrogen) atoms. The summed E-state index contributed by atoms with van der Waals surface area (Å²) in [6, 6.07) is 17.1. The average Bonchev–Trinajstić information content (AvgIpc) is 2.51. The molecule has 2 aromatic carbocycles. The van der Waals surface area contributed by atoms with Gasteiger partial charge in [0, 0.05) is 12.1 Å². The van der Waals surface area contributed by atoms with E-state index in [9.17, 15) is 0 Å². The lowest BCUT2D eigenvalue weighted by atomic mass is 9.94. The van der Waals surface area contributed by atoms with Crippen LogP contribution >= 0.6 is 0 Å². The van der Waals surface area contributed by atoms with Gasteiger partial charge in [0.25, 0.3) is 0 Å². The van der Waals surface area contributed by atoms with Crippen LogP contribution < -0.4 is 10.1 Å². The van der Waals surface area contributed by atoms with Gasteiger partial charge < -0.3 is 10.1 Å². The van der Waals surface area contributed by atoms with Crippen molar-refractivity contribution in [1.29, 1.82) is 0 Å². The molecule has 1 aliphatic heterocycles. The van der Waals surface area contributed by atoms with E-state index < -0.39 is 0 Å². The van der Waals surface area contributed by atoms with Gasteiger partial charge >= 0.3 is 0 Å². The van der Waals surface area contributed by atoms with Crippen LogP contribution in [-0.4, -0.2) is 18.7 Å². The lowest BCUT2D eigenvalue weighted by molar-refractivity contribution is 0.157. The number of nitrogens with one attached hydrogen (secondary N) is 1. The zero-order valence-corrected chi connectivity index (χ0v) is 14.2. The first-order valence-electron chi connectivity index (χ1n) is 8.30. The number of hydrogen-bond donors (Lipinski definition) is 1. The van der Waals surface area contributed by atoms with E-state index in [2.05, 4.69) is 80.7 Å². The van der Waals surface area contributed by atoms with Gasteiger partial charge in [-0.05, 0) is 62.6 Å². The summed E-state index contributed by atoms with van der Waals surface area (Å²) in [5.41, 5.74) is 4.89. The molecule has 0 amide bonds. The molecule has 3 rings (SSSR count). The van der Waals surface area contributed by atoms with Gasteiger partial charge in [0.15, 0.2) is 0 Å². The molecule has 0 unspecified atom stereocenters. The van der Waals surface area contributed by atoms with Crippen molar-refractivity contribution in [1.82, 2.24) is 5.32 Å². The minimum Gasteiger partial charge on any atom is -0.483 e. The Morgan fingerprint density at radius 1 is 1.04 bits per heavy atom. The predicted molar refractivity (Wildman–Crippen MR) is 96.9 cm³/mol. The molecule has 0 radical (unpaired) electrons. The van der Waals surface area contributed by atoms with Gasteiger partial charge in [0.2, 0.25) is 0 Å². The highest BCUT2D eigenvalue weighted by Crippen LogP contribution is 2.36. The quantitative estimate of drug-likeness (QED) is 0.828. The molecule has 0 saturated heterocycles. The first kappa shape index (κ1) is 15.8. The zero-order chi connectivity index (χ0) is 16.3. The molecule has 1 heterocycles. The molecule has 0 spiro atoms. The Kier molecular flexibility index (Phi) is 4.53. The standard InChI is InChI=1S/C21H25NO/c1-16-9-10-19-18(14-21(2,3)23-20(19)13-16)15-22-12-11-17-7-5-4-6-8-17/h4-10,13-14,22H,11-12,15H2,1-3H3. The third-order valence-corrected chi connectivity index (χ3v) is 4.13.